The highest BCUT2D eigenvalue weighted by Crippen LogP contribution is 2.35. The van der Waals surface area contributed by atoms with Gasteiger partial charge in [-0.2, -0.15) is 0 Å². The van der Waals surface area contributed by atoms with Crippen molar-refractivity contribution in [3.8, 4) is 33.4 Å². The lowest BCUT2D eigenvalue weighted by Crippen LogP contribution is -1.88. The molecule has 0 spiro atoms. The number of fused-ring (bicyclic) bond motifs is 8. The minimum Gasteiger partial charge on any atom is -0.355 e. The van der Waals surface area contributed by atoms with Crippen LogP contribution in [0, 0.1) is 0 Å². The van der Waals surface area contributed by atoms with Crippen molar-refractivity contribution in [2.24, 2.45) is 0 Å². The molecule has 0 amide bonds. The summed E-state index contributed by atoms with van der Waals surface area (Å²) in [4.78, 5) is 17.9. The van der Waals surface area contributed by atoms with Gasteiger partial charge in [-0.1, -0.05) is 91.0 Å². The normalized spacial score (nSPS) is 12.5. The fraction of sp³-hybridized carbons (Fsp3) is 0.0526. The zero-order chi connectivity index (χ0) is 27.9. The molecule has 2 N–H and O–H groups in total. The minimum atomic E-state index is 0.868. The number of H-pyrrole nitrogens is 2. The zero-order valence-electron chi connectivity index (χ0n) is 23.0. The van der Waals surface area contributed by atoms with Gasteiger partial charge in [-0.25, -0.2) is 4.98 Å². The second-order valence-electron chi connectivity index (χ2n) is 10.7. The SMILES string of the molecule is C1=Cc2nc1cc1ccc([nH]1)c(-c1ccccc1)c1nc(c(-c3ccccc3)c3ccc([nH]3)c2-c2ccccc2)CC1. The summed E-state index contributed by atoms with van der Waals surface area (Å²) < 4.78 is 0. The van der Waals surface area contributed by atoms with E-state index in [1.807, 2.05) is 0 Å². The van der Waals surface area contributed by atoms with Crippen LogP contribution >= 0.6 is 0 Å². The van der Waals surface area contributed by atoms with E-state index in [0.29, 0.717) is 0 Å². The van der Waals surface area contributed by atoms with Gasteiger partial charge in [0.2, 0.25) is 0 Å². The number of hydrogen-bond acceptors (Lipinski definition) is 2. The van der Waals surface area contributed by atoms with Crippen LogP contribution in [-0.2, 0) is 12.8 Å². The summed E-state index contributed by atoms with van der Waals surface area (Å²) in [7, 11) is 0. The molecule has 200 valence electrons. The van der Waals surface area contributed by atoms with Crippen LogP contribution in [0.5, 0.6) is 0 Å². The first-order valence-corrected chi connectivity index (χ1v) is 14.4. The predicted molar refractivity (Wildman–Crippen MR) is 174 cm³/mol. The van der Waals surface area contributed by atoms with E-state index in [2.05, 4.69) is 143 Å². The number of hydrogen-bond donors (Lipinski definition) is 2. The first-order chi connectivity index (χ1) is 20.8. The Balaban J connectivity index is 1.54. The molecule has 0 fully saturated rings. The highest BCUT2D eigenvalue weighted by Gasteiger charge is 2.19. The van der Waals surface area contributed by atoms with Crippen molar-refractivity contribution in [3.63, 3.8) is 0 Å². The summed E-state index contributed by atoms with van der Waals surface area (Å²) in [5, 5.41) is 0. The van der Waals surface area contributed by atoms with E-state index in [9.17, 15) is 0 Å². The average Bonchev–Trinajstić information content (AvgIpc) is 3.86. The molecule has 2 aliphatic rings. The van der Waals surface area contributed by atoms with Gasteiger partial charge in [0, 0.05) is 38.8 Å². The lowest BCUT2D eigenvalue weighted by Gasteiger charge is -2.06. The number of aromatic nitrogens is 4. The summed E-state index contributed by atoms with van der Waals surface area (Å²) in [5.41, 5.74) is 15.0. The smallest absolute Gasteiger partial charge is 0.0736 e. The Morgan fingerprint density at radius 1 is 0.452 bits per heavy atom. The number of aromatic amines is 2. The standard InChI is InChI=1S/C38H28N4/c1-4-10-25(11-5-1)36-30-18-16-28(39-30)24-29-17-19-31(40-29)37(26-12-6-2-7-13-26)33-21-23-35(42-33)38(27-14-8-3-9-15-27)34-22-20-32(36)41-34/h1-20,22,24,40-41H,21,23H2. The van der Waals surface area contributed by atoms with E-state index >= 15 is 0 Å². The lowest BCUT2D eigenvalue weighted by molar-refractivity contribution is 1.03. The van der Waals surface area contributed by atoms with Crippen molar-refractivity contribution in [1.82, 2.24) is 19.9 Å². The summed E-state index contributed by atoms with van der Waals surface area (Å²) in [6, 6.07) is 42.5. The quantitative estimate of drug-likeness (QED) is 0.235. The Kier molecular flexibility index (Phi) is 5.89. The lowest BCUT2D eigenvalue weighted by atomic mass is 10.0. The molecule has 0 saturated carbocycles. The number of benzene rings is 3. The molecule has 6 aromatic rings. The molecule has 0 atom stereocenters. The van der Waals surface area contributed by atoms with Crippen LogP contribution in [0.15, 0.2) is 121 Å². The Labute approximate surface area is 244 Å². The van der Waals surface area contributed by atoms with Gasteiger partial charge >= 0.3 is 0 Å². The first kappa shape index (κ1) is 24.3. The van der Waals surface area contributed by atoms with Crippen molar-refractivity contribution in [3.05, 3.63) is 144 Å². The molecule has 4 nitrogen and oxygen atoms in total. The monoisotopic (exact) mass is 540 g/mol. The maximum Gasteiger partial charge on any atom is 0.0736 e. The van der Waals surface area contributed by atoms with Crippen LogP contribution in [-0.4, -0.2) is 19.9 Å². The van der Waals surface area contributed by atoms with Crippen LogP contribution in [0.1, 0.15) is 22.8 Å². The van der Waals surface area contributed by atoms with Crippen LogP contribution in [0.2, 0.25) is 0 Å². The van der Waals surface area contributed by atoms with Crippen molar-refractivity contribution in [1.29, 1.82) is 0 Å². The number of nitrogens with zero attached hydrogens (tertiary/aromatic N) is 2. The Hall–Kier alpha value is -5.48. The van der Waals surface area contributed by atoms with Crippen molar-refractivity contribution < 1.29 is 0 Å². The van der Waals surface area contributed by atoms with Gasteiger partial charge in [0.15, 0.2) is 0 Å². The van der Waals surface area contributed by atoms with E-state index in [0.717, 1.165) is 91.1 Å². The molecule has 2 aliphatic heterocycles. The highest BCUT2D eigenvalue weighted by molar-refractivity contribution is 5.93. The molecule has 3 aromatic carbocycles. The van der Waals surface area contributed by atoms with Gasteiger partial charge in [0.05, 0.1) is 22.8 Å². The predicted octanol–water partition coefficient (Wildman–Crippen LogP) is 9.27. The largest absolute Gasteiger partial charge is 0.355 e. The molecular weight excluding hydrogens is 512 g/mol. The second-order valence-corrected chi connectivity index (χ2v) is 10.7. The van der Waals surface area contributed by atoms with Crippen molar-refractivity contribution in [2.45, 2.75) is 12.8 Å². The molecule has 4 heteroatoms. The number of nitrogens with one attached hydrogen (secondary N) is 2. The van der Waals surface area contributed by atoms with Gasteiger partial charge < -0.3 is 9.97 Å². The molecule has 5 heterocycles. The van der Waals surface area contributed by atoms with E-state index in [1.165, 1.54) is 0 Å². The fourth-order valence-corrected chi connectivity index (χ4v) is 6.17. The second kappa shape index (κ2) is 10.2. The summed E-state index contributed by atoms with van der Waals surface area (Å²) >= 11 is 0. The van der Waals surface area contributed by atoms with Crippen molar-refractivity contribution in [2.75, 3.05) is 0 Å². The Morgan fingerprint density at radius 3 is 1.55 bits per heavy atom. The summed E-state index contributed by atoms with van der Waals surface area (Å²) in [5.74, 6) is 0. The van der Waals surface area contributed by atoms with E-state index in [-0.39, 0.29) is 0 Å². The summed E-state index contributed by atoms with van der Waals surface area (Å²) in [6.45, 7) is 0. The average molecular weight is 541 g/mol. The maximum absolute atomic E-state index is 5.38. The topological polar surface area (TPSA) is 57.4 Å². The molecule has 0 saturated heterocycles. The molecule has 8 bridgehead atoms. The third-order valence-corrected chi connectivity index (χ3v) is 8.06. The Bertz CT molecular complexity index is 2120. The first-order valence-electron chi connectivity index (χ1n) is 14.4. The van der Waals surface area contributed by atoms with Gasteiger partial charge in [0.1, 0.15) is 0 Å². The molecule has 0 unspecified atom stereocenters. The van der Waals surface area contributed by atoms with Gasteiger partial charge in [-0.05, 0) is 72.0 Å². The van der Waals surface area contributed by atoms with Gasteiger partial charge in [0.25, 0.3) is 0 Å². The zero-order valence-corrected chi connectivity index (χ0v) is 23.0. The number of rotatable bonds is 3. The van der Waals surface area contributed by atoms with Crippen LogP contribution in [0.3, 0.4) is 0 Å². The minimum absolute atomic E-state index is 0.868. The van der Waals surface area contributed by atoms with Crippen LogP contribution in [0.25, 0.3) is 67.6 Å². The van der Waals surface area contributed by atoms with Crippen LogP contribution < -0.4 is 0 Å². The molecular formula is C38H28N4. The number of aryl methyl sites for hydroxylation is 2. The molecule has 0 radical (unpaired) electrons. The summed E-state index contributed by atoms with van der Waals surface area (Å²) in [6.07, 6.45) is 5.94. The maximum atomic E-state index is 5.38. The van der Waals surface area contributed by atoms with E-state index in [4.69, 9.17) is 9.97 Å². The highest BCUT2D eigenvalue weighted by atomic mass is 14.8. The van der Waals surface area contributed by atoms with Crippen LogP contribution in [0.4, 0.5) is 0 Å². The third-order valence-electron chi connectivity index (χ3n) is 8.06. The molecule has 3 aromatic heterocycles. The van der Waals surface area contributed by atoms with E-state index in [1.54, 1.807) is 0 Å². The molecule has 8 rings (SSSR count). The van der Waals surface area contributed by atoms with Gasteiger partial charge in [-0.15, -0.1) is 0 Å². The van der Waals surface area contributed by atoms with E-state index < -0.39 is 0 Å². The molecule has 0 aliphatic carbocycles. The molecule has 42 heavy (non-hydrogen) atoms. The van der Waals surface area contributed by atoms with Crippen molar-refractivity contribution >= 4 is 34.2 Å². The Morgan fingerprint density at radius 2 is 0.952 bits per heavy atom. The fourth-order valence-electron chi connectivity index (χ4n) is 6.17. The van der Waals surface area contributed by atoms with Gasteiger partial charge in [-0.3, -0.25) is 4.98 Å². The third kappa shape index (κ3) is 4.34.